The average Bonchev–Trinajstić information content (AvgIpc) is 2.57. The van der Waals surface area contributed by atoms with Crippen LogP contribution in [0.1, 0.15) is 11.4 Å². The minimum Gasteiger partial charge on any atom is -0.368 e. The summed E-state index contributed by atoms with van der Waals surface area (Å²) in [6.07, 6.45) is -3.25. The molecule has 0 saturated heterocycles. The zero-order valence-corrected chi connectivity index (χ0v) is 9.79. The van der Waals surface area contributed by atoms with Crippen LogP contribution in [0.2, 0.25) is 5.02 Å². The van der Waals surface area contributed by atoms with E-state index in [2.05, 4.69) is 15.1 Å². The minimum atomic E-state index is -4.60. The Morgan fingerprint density at radius 1 is 1.33 bits per heavy atom. The van der Waals surface area contributed by atoms with E-state index in [4.69, 9.17) is 17.3 Å². The molecule has 0 aliphatic rings. The highest BCUT2D eigenvalue weighted by Crippen LogP contribution is 2.29. The second-order valence-corrected chi connectivity index (χ2v) is 3.88. The van der Waals surface area contributed by atoms with Crippen molar-refractivity contribution >= 4 is 17.5 Å². The average molecular weight is 278 g/mol. The molecule has 2 aromatic rings. The van der Waals surface area contributed by atoms with Gasteiger partial charge in [0, 0.05) is 6.07 Å². The highest BCUT2D eigenvalue weighted by molar-refractivity contribution is 6.31. The van der Waals surface area contributed by atoms with Crippen LogP contribution >= 0.6 is 11.6 Å². The van der Waals surface area contributed by atoms with E-state index in [1.54, 1.807) is 6.92 Å². The first-order valence-electron chi connectivity index (χ1n) is 4.71. The monoisotopic (exact) mass is 277 g/mol. The maximum Gasteiger partial charge on any atom is 0.433 e. The normalized spacial score (nSPS) is 11.8. The smallest absolute Gasteiger partial charge is 0.368 e. The van der Waals surface area contributed by atoms with Crippen molar-refractivity contribution in [2.75, 3.05) is 5.73 Å². The van der Waals surface area contributed by atoms with Crippen LogP contribution in [-0.2, 0) is 6.18 Å². The Labute approximate surface area is 104 Å². The topological polar surface area (TPSA) is 69.6 Å². The third-order valence-corrected chi connectivity index (χ3v) is 2.47. The Kier molecular flexibility index (Phi) is 2.89. The molecule has 0 saturated carbocycles. The summed E-state index contributed by atoms with van der Waals surface area (Å²) in [6, 6.07) is 0.749. The highest BCUT2D eigenvalue weighted by atomic mass is 35.5. The molecule has 18 heavy (non-hydrogen) atoms. The number of aryl methyl sites for hydroxylation is 1. The van der Waals surface area contributed by atoms with E-state index in [-0.39, 0.29) is 5.82 Å². The van der Waals surface area contributed by atoms with Crippen LogP contribution < -0.4 is 5.73 Å². The molecule has 2 aromatic heterocycles. The van der Waals surface area contributed by atoms with Crippen molar-refractivity contribution in [3.63, 3.8) is 0 Å². The molecule has 0 radical (unpaired) electrons. The van der Waals surface area contributed by atoms with Gasteiger partial charge in [-0.05, 0) is 6.92 Å². The lowest BCUT2D eigenvalue weighted by Gasteiger charge is -2.08. The zero-order valence-electron chi connectivity index (χ0n) is 9.03. The number of aromatic nitrogens is 4. The van der Waals surface area contributed by atoms with Gasteiger partial charge in [-0.15, -0.1) is 0 Å². The van der Waals surface area contributed by atoms with E-state index < -0.39 is 17.8 Å². The fourth-order valence-electron chi connectivity index (χ4n) is 1.27. The van der Waals surface area contributed by atoms with Gasteiger partial charge in [-0.2, -0.15) is 23.3 Å². The second kappa shape index (κ2) is 4.13. The molecule has 0 unspecified atom stereocenters. The van der Waals surface area contributed by atoms with Crippen LogP contribution in [0.4, 0.5) is 19.1 Å². The number of nitrogens with zero attached hydrogens (tertiary/aromatic N) is 4. The molecule has 2 heterocycles. The highest BCUT2D eigenvalue weighted by Gasteiger charge is 2.33. The Hall–Kier alpha value is -1.83. The molecule has 0 spiro atoms. The van der Waals surface area contributed by atoms with Gasteiger partial charge in [-0.1, -0.05) is 11.6 Å². The summed E-state index contributed by atoms with van der Waals surface area (Å²) >= 11 is 5.77. The van der Waals surface area contributed by atoms with Gasteiger partial charge in [0.15, 0.2) is 11.5 Å². The summed E-state index contributed by atoms with van der Waals surface area (Å²) in [4.78, 5) is 6.81. The van der Waals surface area contributed by atoms with Crippen LogP contribution in [0.3, 0.4) is 0 Å². The lowest BCUT2D eigenvalue weighted by atomic mass is 10.4. The van der Waals surface area contributed by atoms with Crippen molar-refractivity contribution in [1.29, 1.82) is 0 Å². The van der Waals surface area contributed by atoms with Gasteiger partial charge in [0.1, 0.15) is 0 Å². The Morgan fingerprint density at radius 3 is 2.50 bits per heavy atom. The van der Waals surface area contributed by atoms with Gasteiger partial charge in [-0.3, -0.25) is 0 Å². The quantitative estimate of drug-likeness (QED) is 0.868. The SMILES string of the molecule is Cc1nn(-c2cc(C(F)(F)F)nc(N)n2)cc1Cl. The number of nitrogens with two attached hydrogens (primary N) is 1. The molecular weight excluding hydrogens is 271 g/mol. The van der Waals surface area contributed by atoms with E-state index in [1.807, 2.05) is 0 Å². The van der Waals surface area contributed by atoms with Gasteiger partial charge in [-0.25, -0.2) is 9.67 Å². The van der Waals surface area contributed by atoms with Crippen LogP contribution in [-0.4, -0.2) is 19.7 Å². The van der Waals surface area contributed by atoms with Crippen molar-refractivity contribution in [3.05, 3.63) is 28.7 Å². The first-order chi connectivity index (χ1) is 8.27. The lowest BCUT2D eigenvalue weighted by Crippen LogP contribution is -2.13. The van der Waals surface area contributed by atoms with Gasteiger partial charge >= 0.3 is 6.18 Å². The Morgan fingerprint density at radius 2 is 2.00 bits per heavy atom. The Bertz CT molecular complexity index is 573. The summed E-state index contributed by atoms with van der Waals surface area (Å²) in [7, 11) is 0. The first kappa shape index (κ1) is 12.6. The van der Waals surface area contributed by atoms with Crippen LogP contribution in [0, 0.1) is 6.92 Å². The summed E-state index contributed by atoms with van der Waals surface area (Å²) < 4.78 is 38.8. The second-order valence-electron chi connectivity index (χ2n) is 3.47. The van der Waals surface area contributed by atoms with Crippen molar-refractivity contribution < 1.29 is 13.2 Å². The molecule has 2 rings (SSSR count). The Balaban J connectivity index is 2.55. The summed E-state index contributed by atoms with van der Waals surface area (Å²) in [5, 5.41) is 4.24. The number of anilines is 1. The maximum atomic E-state index is 12.5. The van der Waals surface area contributed by atoms with E-state index in [0.29, 0.717) is 10.7 Å². The number of alkyl halides is 3. The predicted octanol–water partition coefficient (Wildman–Crippen LogP) is 2.23. The number of halogens is 4. The molecule has 9 heteroatoms. The number of hydrogen-bond donors (Lipinski definition) is 1. The van der Waals surface area contributed by atoms with Gasteiger partial charge in [0.25, 0.3) is 0 Å². The van der Waals surface area contributed by atoms with Crippen molar-refractivity contribution in [3.8, 4) is 5.82 Å². The van der Waals surface area contributed by atoms with E-state index in [9.17, 15) is 13.2 Å². The summed E-state index contributed by atoms with van der Waals surface area (Å²) in [5.74, 6) is -0.575. The number of nitrogen functional groups attached to an aromatic ring is 1. The molecule has 2 N–H and O–H groups in total. The third kappa shape index (κ3) is 2.37. The molecule has 96 valence electrons. The fourth-order valence-corrected chi connectivity index (χ4v) is 1.40. The summed E-state index contributed by atoms with van der Waals surface area (Å²) in [6.45, 7) is 1.62. The molecule has 0 aliphatic heterocycles. The molecule has 5 nitrogen and oxygen atoms in total. The van der Waals surface area contributed by atoms with Crippen LogP contribution in [0.5, 0.6) is 0 Å². The number of rotatable bonds is 1. The molecule has 0 aliphatic carbocycles. The van der Waals surface area contributed by atoms with Crippen LogP contribution in [0.25, 0.3) is 5.82 Å². The maximum absolute atomic E-state index is 12.5. The molecule has 0 amide bonds. The van der Waals surface area contributed by atoms with Crippen molar-refractivity contribution in [2.45, 2.75) is 13.1 Å². The minimum absolute atomic E-state index is 0.0928. The van der Waals surface area contributed by atoms with Gasteiger partial charge < -0.3 is 5.73 Å². The molecule has 0 bridgehead atoms. The first-order valence-corrected chi connectivity index (χ1v) is 5.09. The molecule has 0 fully saturated rings. The van der Waals surface area contributed by atoms with Crippen LogP contribution in [0.15, 0.2) is 12.3 Å². The predicted molar refractivity (Wildman–Crippen MR) is 58.3 cm³/mol. The van der Waals surface area contributed by atoms with Crippen molar-refractivity contribution in [2.24, 2.45) is 0 Å². The fraction of sp³-hybridized carbons (Fsp3) is 0.222. The number of hydrogen-bond acceptors (Lipinski definition) is 4. The zero-order chi connectivity index (χ0) is 13.5. The third-order valence-electron chi connectivity index (χ3n) is 2.09. The standard InChI is InChI=1S/C9H7ClF3N5/c1-4-5(10)3-18(17-4)7-2-6(9(11,12)13)15-8(14)16-7/h2-3H,1H3,(H2,14,15,16). The molecular formula is C9H7ClF3N5. The van der Waals surface area contributed by atoms with E-state index in [1.165, 1.54) is 6.20 Å². The molecule has 0 aromatic carbocycles. The largest absolute Gasteiger partial charge is 0.433 e. The molecule has 0 atom stereocenters. The van der Waals surface area contributed by atoms with Gasteiger partial charge in [0.2, 0.25) is 5.95 Å². The summed E-state index contributed by atoms with van der Waals surface area (Å²) in [5.41, 5.74) is 4.59. The van der Waals surface area contributed by atoms with E-state index >= 15 is 0 Å². The van der Waals surface area contributed by atoms with E-state index in [0.717, 1.165) is 10.7 Å². The van der Waals surface area contributed by atoms with Crippen molar-refractivity contribution in [1.82, 2.24) is 19.7 Å². The lowest BCUT2D eigenvalue weighted by molar-refractivity contribution is -0.141. The van der Waals surface area contributed by atoms with Gasteiger partial charge in [0.05, 0.1) is 16.9 Å².